The van der Waals surface area contributed by atoms with Crippen molar-refractivity contribution in [1.29, 1.82) is 0 Å². The average molecular weight is 338 g/mol. The van der Waals surface area contributed by atoms with Crippen molar-refractivity contribution in [2.75, 3.05) is 25.5 Å². The van der Waals surface area contributed by atoms with Gasteiger partial charge in [-0.2, -0.15) is 0 Å². The molecule has 5 heteroatoms. The first-order valence-electron chi connectivity index (χ1n) is 7.60. The monoisotopic (exact) mass is 337 g/mol. The minimum absolute atomic E-state index is 0.139. The van der Waals surface area contributed by atoms with Gasteiger partial charge in [-0.25, -0.2) is 0 Å². The molecule has 1 aliphatic heterocycles. The Balaban J connectivity index is 0.000000164. The van der Waals surface area contributed by atoms with Crippen molar-refractivity contribution in [3.05, 3.63) is 45.4 Å². The predicted molar refractivity (Wildman–Crippen MR) is 97.3 cm³/mol. The number of rotatable bonds is 4. The molecule has 3 rings (SSSR count). The highest BCUT2D eigenvalue weighted by molar-refractivity contribution is 7.09. The van der Waals surface area contributed by atoms with Crippen molar-refractivity contribution in [2.24, 2.45) is 0 Å². The van der Waals surface area contributed by atoms with Gasteiger partial charge in [-0.3, -0.25) is 4.98 Å². The molecule has 0 unspecified atom stereocenters. The van der Waals surface area contributed by atoms with E-state index < -0.39 is 0 Å². The molecule has 0 aliphatic carbocycles. The number of nitrogens with zero attached hydrogens (tertiary/aromatic N) is 1. The molecule has 2 aromatic rings. The highest BCUT2D eigenvalue weighted by Gasteiger charge is 2.30. The normalized spacial score (nSPS) is 14.7. The summed E-state index contributed by atoms with van der Waals surface area (Å²) in [7, 11) is 1.99. The molecule has 0 saturated carbocycles. The molecule has 3 nitrogen and oxygen atoms in total. The molecule has 0 radical (unpaired) electrons. The Morgan fingerprint density at radius 3 is 2.95 bits per heavy atom. The van der Waals surface area contributed by atoms with Gasteiger partial charge in [-0.05, 0) is 43.9 Å². The Labute approximate surface area is 142 Å². The third kappa shape index (κ3) is 4.70. The van der Waals surface area contributed by atoms with E-state index in [4.69, 9.17) is 11.6 Å². The van der Waals surface area contributed by atoms with Gasteiger partial charge < -0.3 is 10.6 Å². The van der Waals surface area contributed by atoms with Crippen molar-refractivity contribution in [2.45, 2.75) is 32.1 Å². The molecule has 0 spiro atoms. The molecule has 22 heavy (non-hydrogen) atoms. The van der Waals surface area contributed by atoms with Crippen LogP contribution >= 0.6 is 22.9 Å². The lowest BCUT2D eigenvalue weighted by atomic mass is 9.91. The molecule has 0 amide bonds. The maximum absolute atomic E-state index is 5.81. The number of aryl methyl sites for hydroxylation is 1. The van der Waals surface area contributed by atoms with Crippen molar-refractivity contribution in [3.8, 4) is 0 Å². The van der Waals surface area contributed by atoms with E-state index in [1.165, 1.54) is 17.7 Å². The topological polar surface area (TPSA) is 37.0 Å². The molecular weight excluding hydrogens is 314 g/mol. The lowest BCUT2D eigenvalue weighted by Gasteiger charge is -2.14. The summed E-state index contributed by atoms with van der Waals surface area (Å²) in [6.07, 6.45) is 4.17. The number of aromatic nitrogens is 1. The van der Waals surface area contributed by atoms with E-state index in [1.54, 1.807) is 6.20 Å². The number of anilines is 1. The SMILES string of the molecule is CC1(C)CNc2cc(Cl)cnc21.CNCCCc1cccs1. The van der Waals surface area contributed by atoms with Gasteiger partial charge in [-0.1, -0.05) is 31.5 Å². The van der Waals surface area contributed by atoms with Gasteiger partial charge in [0.05, 0.1) is 16.4 Å². The van der Waals surface area contributed by atoms with E-state index in [9.17, 15) is 0 Å². The van der Waals surface area contributed by atoms with Gasteiger partial charge in [0, 0.05) is 23.0 Å². The fourth-order valence-corrected chi connectivity index (χ4v) is 3.32. The molecule has 2 aromatic heterocycles. The van der Waals surface area contributed by atoms with Gasteiger partial charge in [0.2, 0.25) is 0 Å². The summed E-state index contributed by atoms with van der Waals surface area (Å²) in [6.45, 7) is 6.41. The van der Waals surface area contributed by atoms with E-state index in [2.05, 4.69) is 47.0 Å². The number of pyridine rings is 1. The third-order valence-corrected chi connectivity index (χ3v) is 4.79. The van der Waals surface area contributed by atoms with E-state index in [-0.39, 0.29) is 5.41 Å². The number of thiophene rings is 1. The van der Waals surface area contributed by atoms with Crippen molar-refractivity contribution in [3.63, 3.8) is 0 Å². The first-order valence-corrected chi connectivity index (χ1v) is 8.85. The van der Waals surface area contributed by atoms with Gasteiger partial charge in [0.1, 0.15) is 0 Å². The molecule has 0 atom stereocenters. The zero-order valence-electron chi connectivity index (χ0n) is 13.4. The zero-order valence-corrected chi connectivity index (χ0v) is 15.0. The number of nitrogens with one attached hydrogen (secondary N) is 2. The molecule has 0 saturated heterocycles. The summed E-state index contributed by atoms with van der Waals surface area (Å²) in [4.78, 5) is 5.81. The largest absolute Gasteiger partial charge is 0.383 e. The van der Waals surface area contributed by atoms with Gasteiger partial charge >= 0.3 is 0 Å². The summed E-state index contributed by atoms with van der Waals surface area (Å²) in [5.41, 5.74) is 2.33. The van der Waals surface area contributed by atoms with Crippen LogP contribution in [0.1, 0.15) is 30.8 Å². The Morgan fingerprint density at radius 2 is 2.27 bits per heavy atom. The lowest BCUT2D eigenvalue weighted by molar-refractivity contribution is 0.569. The first-order chi connectivity index (χ1) is 10.5. The molecular formula is C17H24ClN3S. The van der Waals surface area contributed by atoms with Crippen LogP contribution in [0.3, 0.4) is 0 Å². The van der Waals surface area contributed by atoms with E-state index in [0.29, 0.717) is 5.02 Å². The third-order valence-electron chi connectivity index (χ3n) is 3.65. The first kappa shape index (κ1) is 17.3. The van der Waals surface area contributed by atoms with Crippen molar-refractivity contribution >= 4 is 28.6 Å². The van der Waals surface area contributed by atoms with Crippen LogP contribution in [0.5, 0.6) is 0 Å². The zero-order chi connectivity index (χ0) is 16.0. The highest BCUT2D eigenvalue weighted by Crippen LogP contribution is 2.35. The average Bonchev–Trinajstić information content (AvgIpc) is 3.08. The summed E-state index contributed by atoms with van der Waals surface area (Å²) in [5, 5.41) is 9.25. The highest BCUT2D eigenvalue weighted by atomic mass is 35.5. The fraction of sp³-hybridized carbons (Fsp3) is 0.471. The Kier molecular flexibility index (Phi) is 6.24. The Bertz CT molecular complexity index is 582. The fourth-order valence-electron chi connectivity index (χ4n) is 2.41. The Morgan fingerprint density at radius 1 is 1.45 bits per heavy atom. The summed E-state index contributed by atoms with van der Waals surface area (Å²) in [5.74, 6) is 0. The molecule has 1 aliphatic rings. The van der Waals surface area contributed by atoms with Crippen LogP contribution in [-0.2, 0) is 11.8 Å². The molecule has 0 aromatic carbocycles. The molecule has 3 heterocycles. The lowest BCUT2D eigenvalue weighted by Crippen LogP contribution is -2.19. The van der Waals surface area contributed by atoms with Gasteiger partial charge in [-0.15, -0.1) is 11.3 Å². The second kappa shape index (κ2) is 7.95. The molecule has 2 N–H and O–H groups in total. The minimum Gasteiger partial charge on any atom is -0.383 e. The molecule has 0 bridgehead atoms. The standard InChI is InChI=1S/C9H11ClN2.C8H13NS/c1-9(2)5-12-7-3-6(10)4-11-8(7)9;1-9-6-2-4-8-5-3-7-10-8/h3-4,12H,5H2,1-2H3;3,5,7,9H,2,4,6H2,1H3. The van der Waals surface area contributed by atoms with Crippen LogP contribution in [0, 0.1) is 0 Å². The molecule has 120 valence electrons. The van der Waals surface area contributed by atoms with Crippen LogP contribution < -0.4 is 10.6 Å². The van der Waals surface area contributed by atoms with Gasteiger partial charge in [0.15, 0.2) is 0 Å². The van der Waals surface area contributed by atoms with Crippen molar-refractivity contribution < 1.29 is 0 Å². The maximum atomic E-state index is 5.81. The number of hydrogen-bond donors (Lipinski definition) is 2. The maximum Gasteiger partial charge on any atom is 0.0709 e. The van der Waals surface area contributed by atoms with Crippen LogP contribution in [0.4, 0.5) is 5.69 Å². The van der Waals surface area contributed by atoms with Crippen molar-refractivity contribution in [1.82, 2.24) is 10.3 Å². The number of hydrogen-bond acceptors (Lipinski definition) is 4. The van der Waals surface area contributed by atoms with E-state index >= 15 is 0 Å². The second-order valence-corrected chi connectivity index (χ2v) is 7.54. The van der Waals surface area contributed by atoms with Crippen LogP contribution in [0.2, 0.25) is 5.02 Å². The van der Waals surface area contributed by atoms with Crippen LogP contribution in [0.15, 0.2) is 29.8 Å². The van der Waals surface area contributed by atoms with E-state index in [0.717, 1.165) is 24.5 Å². The smallest absolute Gasteiger partial charge is 0.0709 e. The summed E-state index contributed by atoms with van der Waals surface area (Å²) in [6, 6.07) is 6.23. The van der Waals surface area contributed by atoms with Gasteiger partial charge in [0.25, 0.3) is 0 Å². The predicted octanol–water partition coefficient (Wildman–Crippen LogP) is 4.34. The van der Waals surface area contributed by atoms with Crippen LogP contribution in [-0.4, -0.2) is 25.1 Å². The van der Waals surface area contributed by atoms with Crippen LogP contribution in [0.25, 0.3) is 0 Å². The number of halogens is 1. The van der Waals surface area contributed by atoms with E-state index in [1.807, 2.05) is 24.5 Å². The quantitative estimate of drug-likeness (QED) is 0.815. The minimum atomic E-state index is 0.139. The number of fused-ring (bicyclic) bond motifs is 1. The Hall–Kier alpha value is -1.10. The molecule has 0 fully saturated rings. The summed E-state index contributed by atoms with van der Waals surface area (Å²) >= 11 is 7.66. The second-order valence-electron chi connectivity index (χ2n) is 6.07. The summed E-state index contributed by atoms with van der Waals surface area (Å²) < 4.78 is 0.